The first-order valence-electron chi connectivity index (χ1n) is 7.62. The van der Waals surface area contributed by atoms with Gasteiger partial charge in [0.05, 0.1) is 0 Å². The minimum atomic E-state index is -1.26. The van der Waals surface area contributed by atoms with Gasteiger partial charge in [-0.15, -0.1) is 0 Å². The Morgan fingerprint density at radius 1 is 1.21 bits per heavy atom. The van der Waals surface area contributed by atoms with Crippen LogP contribution in [0, 0.1) is 11.8 Å². The van der Waals surface area contributed by atoms with Crippen molar-refractivity contribution in [1.29, 1.82) is 0 Å². The third-order valence-electron chi connectivity index (χ3n) is 4.02. The Kier molecular flexibility index (Phi) is 6.03. The van der Waals surface area contributed by atoms with E-state index in [9.17, 15) is 9.59 Å². The monoisotopic (exact) mass is 328 g/mol. The number of fused-ring (bicyclic) bond motifs is 1. The Hall–Kier alpha value is -2.73. The molecule has 6 heteroatoms. The number of carbonyl (C=O) groups is 2. The Labute approximate surface area is 140 Å². The van der Waals surface area contributed by atoms with Gasteiger partial charge in [-0.25, -0.2) is 9.59 Å². The normalized spacial score (nSPS) is 21.6. The number of hydrogen-bond donors (Lipinski definition) is 3. The summed E-state index contributed by atoms with van der Waals surface area (Å²) in [7, 11) is 0. The molecule has 3 rings (SSSR count). The molecule has 1 aliphatic heterocycles. The van der Waals surface area contributed by atoms with Gasteiger partial charge in [0.1, 0.15) is 0 Å². The number of aromatic nitrogens is 1. The van der Waals surface area contributed by atoms with Crippen molar-refractivity contribution < 1.29 is 19.8 Å². The van der Waals surface area contributed by atoms with Crippen LogP contribution in [-0.4, -0.2) is 40.2 Å². The number of carboxylic acid groups (broad SMARTS) is 2. The van der Waals surface area contributed by atoms with Crippen molar-refractivity contribution in [2.24, 2.45) is 11.8 Å². The fourth-order valence-corrected chi connectivity index (χ4v) is 2.88. The zero-order valence-electron chi connectivity index (χ0n) is 13.2. The number of carboxylic acids is 2. The Morgan fingerprint density at radius 2 is 1.92 bits per heavy atom. The van der Waals surface area contributed by atoms with E-state index in [2.05, 4.69) is 29.0 Å². The molecule has 2 atom stereocenters. The first kappa shape index (κ1) is 17.6. The van der Waals surface area contributed by atoms with Gasteiger partial charge in [0.2, 0.25) is 0 Å². The maximum atomic E-state index is 9.55. The van der Waals surface area contributed by atoms with Crippen molar-refractivity contribution in [2.45, 2.75) is 6.42 Å². The summed E-state index contributed by atoms with van der Waals surface area (Å²) in [5.74, 6) is -0.968. The highest BCUT2D eigenvalue weighted by Crippen LogP contribution is 2.38. The third kappa shape index (κ3) is 4.89. The van der Waals surface area contributed by atoms with Crippen LogP contribution in [0.15, 0.2) is 43.3 Å². The summed E-state index contributed by atoms with van der Waals surface area (Å²) in [6.45, 7) is 6.09. The maximum absolute atomic E-state index is 9.55. The number of nitrogens with one attached hydrogen (secondary N) is 1. The quantitative estimate of drug-likeness (QED) is 0.732. The second-order valence-electron chi connectivity index (χ2n) is 5.70. The maximum Gasteiger partial charge on any atom is 0.328 e. The predicted molar refractivity (Wildman–Crippen MR) is 91.2 cm³/mol. The van der Waals surface area contributed by atoms with Crippen molar-refractivity contribution in [3.8, 4) is 0 Å². The average molecular weight is 328 g/mol. The number of aliphatic carboxylic acids is 2. The second-order valence-corrected chi connectivity index (χ2v) is 5.70. The zero-order chi connectivity index (χ0) is 17.5. The van der Waals surface area contributed by atoms with Gasteiger partial charge in [-0.1, -0.05) is 18.7 Å². The lowest BCUT2D eigenvalue weighted by Crippen LogP contribution is -2.09. The molecule has 24 heavy (non-hydrogen) atoms. The molecule has 0 aromatic carbocycles. The number of pyridine rings is 1. The van der Waals surface area contributed by atoms with E-state index >= 15 is 0 Å². The molecule has 1 fully saturated rings. The molecule has 1 aromatic heterocycles. The summed E-state index contributed by atoms with van der Waals surface area (Å²) >= 11 is 0. The lowest BCUT2D eigenvalue weighted by molar-refractivity contribution is -0.134. The molecular weight excluding hydrogens is 308 g/mol. The summed E-state index contributed by atoms with van der Waals surface area (Å²) in [4.78, 5) is 23.4. The SMILES string of the molecule is C=Cc1cncc(C2=C[C@H]3CNC[C@H]3C2)c1.O=C(O)/C=C/C(=O)O. The molecule has 0 saturated carbocycles. The van der Waals surface area contributed by atoms with Gasteiger partial charge in [0.15, 0.2) is 0 Å². The van der Waals surface area contributed by atoms with Crippen LogP contribution in [0.2, 0.25) is 0 Å². The third-order valence-corrected chi connectivity index (χ3v) is 4.02. The fraction of sp³-hybridized carbons (Fsp3) is 0.278. The Morgan fingerprint density at radius 3 is 2.50 bits per heavy atom. The van der Waals surface area contributed by atoms with Crippen LogP contribution >= 0.6 is 0 Å². The lowest BCUT2D eigenvalue weighted by Gasteiger charge is -2.06. The first-order chi connectivity index (χ1) is 11.5. The molecule has 1 aliphatic carbocycles. The number of rotatable bonds is 4. The van der Waals surface area contributed by atoms with Crippen LogP contribution in [0.5, 0.6) is 0 Å². The highest BCUT2D eigenvalue weighted by molar-refractivity contribution is 5.89. The second kappa shape index (κ2) is 8.21. The van der Waals surface area contributed by atoms with Crippen molar-refractivity contribution in [3.63, 3.8) is 0 Å². The Balaban J connectivity index is 0.000000224. The van der Waals surface area contributed by atoms with E-state index in [4.69, 9.17) is 10.2 Å². The molecule has 0 amide bonds. The molecule has 1 saturated heterocycles. The van der Waals surface area contributed by atoms with Crippen molar-refractivity contribution in [2.75, 3.05) is 13.1 Å². The van der Waals surface area contributed by atoms with Crippen LogP contribution in [0.25, 0.3) is 11.6 Å². The highest BCUT2D eigenvalue weighted by Gasteiger charge is 2.31. The molecule has 126 valence electrons. The number of allylic oxidation sites excluding steroid dienone is 1. The summed E-state index contributed by atoms with van der Waals surface area (Å²) in [5.41, 5.74) is 3.84. The summed E-state index contributed by atoms with van der Waals surface area (Å²) in [6, 6.07) is 2.18. The zero-order valence-corrected chi connectivity index (χ0v) is 13.2. The van der Waals surface area contributed by atoms with E-state index in [1.807, 2.05) is 18.5 Å². The van der Waals surface area contributed by atoms with Crippen LogP contribution < -0.4 is 5.32 Å². The van der Waals surface area contributed by atoms with Crippen LogP contribution in [0.4, 0.5) is 0 Å². The number of hydrogen-bond acceptors (Lipinski definition) is 4. The van der Waals surface area contributed by atoms with Crippen molar-refractivity contribution >= 4 is 23.6 Å². The van der Waals surface area contributed by atoms with Crippen LogP contribution in [-0.2, 0) is 9.59 Å². The smallest absolute Gasteiger partial charge is 0.328 e. The molecule has 6 nitrogen and oxygen atoms in total. The molecule has 0 spiro atoms. The van der Waals surface area contributed by atoms with Gasteiger partial charge in [-0.3, -0.25) is 4.98 Å². The molecule has 0 unspecified atom stereocenters. The summed E-state index contributed by atoms with van der Waals surface area (Å²) in [5, 5.41) is 19.1. The van der Waals surface area contributed by atoms with E-state index in [0.717, 1.165) is 23.9 Å². The predicted octanol–water partition coefficient (Wildman–Crippen LogP) is 2.06. The molecule has 0 radical (unpaired) electrons. The van der Waals surface area contributed by atoms with E-state index < -0.39 is 11.9 Å². The van der Waals surface area contributed by atoms with E-state index in [1.165, 1.54) is 24.1 Å². The molecule has 2 aliphatic rings. The van der Waals surface area contributed by atoms with Gasteiger partial charge in [-0.05, 0) is 47.6 Å². The summed E-state index contributed by atoms with van der Waals surface area (Å²) in [6.07, 6.45) is 10.4. The van der Waals surface area contributed by atoms with Gasteiger partial charge >= 0.3 is 11.9 Å². The lowest BCUT2D eigenvalue weighted by atomic mass is 9.98. The highest BCUT2D eigenvalue weighted by atomic mass is 16.4. The molecular formula is C18H20N2O4. The summed E-state index contributed by atoms with van der Waals surface area (Å²) < 4.78 is 0. The first-order valence-corrected chi connectivity index (χ1v) is 7.62. The molecule has 0 bridgehead atoms. The largest absolute Gasteiger partial charge is 0.478 e. The van der Waals surface area contributed by atoms with Crippen molar-refractivity contribution in [1.82, 2.24) is 10.3 Å². The van der Waals surface area contributed by atoms with Gasteiger partial charge < -0.3 is 15.5 Å². The van der Waals surface area contributed by atoms with E-state index in [1.54, 1.807) is 0 Å². The van der Waals surface area contributed by atoms with Crippen LogP contribution in [0.3, 0.4) is 0 Å². The minimum Gasteiger partial charge on any atom is -0.478 e. The van der Waals surface area contributed by atoms with Crippen LogP contribution in [0.1, 0.15) is 17.5 Å². The van der Waals surface area contributed by atoms with Gasteiger partial charge in [0.25, 0.3) is 0 Å². The van der Waals surface area contributed by atoms with E-state index in [-0.39, 0.29) is 0 Å². The van der Waals surface area contributed by atoms with Gasteiger partial charge in [0, 0.05) is 31.1 Å². The van der Waals surface area contributed by atoms with E-state index in [0.29, 0.717) is 12.2 Å². The molecule has 1 aromatic rings. The van der Waals surface area contributed by atoms with Crippen molar-refractivity contribution in [3.05, 3.63) is 54.4 Å². The minimum absolute atomic E-state index is 0.558. The number of nitrogens with zero attached hydrogens (tertiary/aromatic N) is 1. The Bertz CT molecular complexity index is 678. The molecule has 3 N–H and O–H groups in total. The van der Waals surface area contributed by atoms with Gasteiger partial charge in [-0.2, -0.15) is 0 Å². The topological polar surface area (TPSA) is 99.5 Å². The molecule has 2 heterocycles. The standard InChI is InChI=1S/C14H16N2.C4H4O4/c1-2-10-3-12(7-15-6-10)11-4-13-8-16-9-14(13)5-11;5-3(6)1-2-4(7)8/h2-4,6-7,13-14,16H,1,5,8-9H2;1-2H,(H,5,6)(H,7,8)/b;2-1+/t13-,14+;/m0./s1. The average Bonchev–Trinajstić information content (AvgIpc) is 3.15. The fourth-order valence-electron chi connectivity index (χ4n) is 2.88.